The fourth-order valence-corrected chi connectivity index (χ4v) is 7.54. The van der Waals surface area contributed by atoms with E-state index in [1.165, 1.54) is 19.4 Å². The Labute approximate surface area is 212 Å². The maximum Gasteiger partial charge on any atom is 0.309 e. The summed E-state index contributed by atoms with van der Waals surface area (Å²) in [6.45, 7) is 12.3. The Morgan fingerprint density at radius 1 is 1.25 bits per heavy atom. The lowest BCUT2D eigenvalue weighted by molar-refractivity contribution is -0.151. The highest BCUT2D eigenvalue weighted by molar-refractivity contribution is 6.02. The van der Waals surface area contributed by atoms with Crippen LogP contribution in [-0.4, -0.2) is 63.1 Å². The molecule has 0 spiro atoms. The molecular formula is C28H40O8. The molecule has 0 amide bonds. The minimum Gasteiger partial charge on any atom is -0.481 e. The van der Waals surface area contributed by atoms with E-state index in [9.17, 15) is 24.6 Å². The van der Waals surface area contributed by atoms with Crippen LogP contribution in [0.5, 0.6) is 0 Å². The molecule has 1 saturated heterocycles. The molecule has 8 nitrogen and oxygen atoms in total. The number of aliphatic carboxylic acids is 1. The van der Waals surface area contributed by atoms with Crippen LogP contribution < -0.4 is 0 Å². The van der Waals surface area contributed by atoms with Gasteiger partial charge in [0.25, 0.3) is 0 Å². The van der Waals surface area contributed by atoms with E-state index in [2.05, 4.69) is 27.4 Å². The number of hydrogen-bond donors (Lipinski definition) is 3. The van der Waals surface area contributed by atoms with Crippen LogP contribution in [0.25, 0.3) is 0 Å². The molecule has 0 bridgehead atoms. The Morgan fingerprint density at radius 3 is 2.61 bits per heavy atom. The van der Waals surface area contributed by atoms with Crippen molar-refractivity contribution in [3.8, 4) is 0 Å². The van der Waals surface area contributed by atoms with Crippen LogP contribution in [0.1, 0.15) is 79.1 Å². The normalized spacial score (nSPS) is 38.8. The molecule has 8 heteroatoms. The van der Waals surface area contributed by atoms with Gasteiger partial charge in [-0.25, -0.2) is 0 Å². The number of carbonyl (C=O) groups is 3. The highest BCUT2D eigenvalue weighted by Gasteiger charge is 2.69. The van der Waals surface area contributed by atoms with Gasteiger partial charge in [-0.05, 0) is 67.8 Å². The first-order valence-corrected chi connectivity index (χ1v) is 13.0. The second-order valence-electron chi connectivity index (χ2n) is 12.7. The molecule has 200 valence electrons. The number of esters is 1. The Balaban J connectivity index is 1.44. The van der Waals surface area contributed by atoms with Crippen molar-refractivity contribution in [1.29, 1.82) is 0 Å². The van der Waals surface area contributed by atoms with Gasteiger partial charge in [0, 0.05) is 5.57 Å². The summed E-state index contributed by atoms with van der Waals surface area (Å²) in [6, 6.07) is 0. The van der Waals surface area contributed by atoms with E-state index in [0.717, 1.165) is 31.3 Å². The zero-order valence-electron chi connectivity index (χ0n) is 21.8. The molecule has 0 aromatic carbocycles. The van der Waals surface area contributed by atoms with Crippen molar-refractivity contribution in [2.24, 2.45) is 22.7 Å². The largest absolute Gasteiger partial charge is 0.481 e. The third-order valence-corrected chi connectivity index (χ3v) is 9.42. The number of carboxylic acid groups (broad SMARTS) is 1. The van der Waals surface area contributed by atoms with Gasteiger partial charge in [0.05, 0.1) is 18.4 Å². The fourth-order valence-electron chi connectivity index (χ4n) is 7.54. The number of carboxylic acids is 1. The topological polar surface area (TPSA) is 134 Å². The van der Waals surface area contributed by atoms with Gasteiger partial charge in [-0.2, -0.15) is 0 Å². The lowest BCUT2D eigenvalue weighted by atomic mass is 9.46. The monoisotopic (exact) mass is 504 g/mol. The summed E-state index contributed by atoms with van der Waals surface area (Å²) in [6.07, 6.45) is 4.42. The molecule has 36 heavy (non-hydrogen) atoms. The molecule has 4 rings (SSSR count). The van der Waals surface area contributed by atoms with Gasteiger partial charge in [0.15, 0.2) is 11.4 Å². The van der Waals surface area contributed by atoms with Crippen LogP contribution >= 0.6 is 0 Å². The lowest BCUT2D eigenvalue weighted by Gasteiger charge is -2.58. The second kappa shape index (κ2) is 9.07. The number of fused-ring (bicyclic) bond motifs is 2. The summed E-state index contributed by atoms with van der Waals surface area (Å²) in [5.41, 5.74) is -1.16. The summed E-state index contributed by atoms with van der Waals surface area (Å²) in [5.74, 6) is -1.61. The zero-order chi connectivity index (χ0) is 26.7. The van der Waals surface area contributed by atoms with Crippen molar-refractivity contribution in [2.45, 2.75) is 102 Å². The molecule has 2 saturated carbocycles. The molecule has 1 heterocycles. The first-order valence-electron chi connectivity index (χ1n) is 13.0. The summed E-state index contributed by atoms with van der Waals surface area (Å²) in [5, 5.41) is 29.8. The average molecular weight is 505 g/mol. The second-order valence-corrected chi connectivity index (χ2v) is 12.7. The van der Waals surface area contributed by atoms with Crippen molar-refractivity contribution < 1.29 is 39.2 Å². The molecule has 0 aromatic heterocycles. The van der Waals surface area contributed by atoms with Gasteiger partial charge in [0.2, 0.25) is 0 Å². The first kappa shape index (κ1) is 27.0. The summed E-state index contributed by atoms with van der Waals surface area (Å²) < 4.78 is 11.1. The molecule has 7 unspecified atom stereocenters. The minimum atomic E-state index is -1.75. The number of carbonyl (C=O) groups excluding carboxylic acids is 2. The summed E-state index contributed by atoms with van der Waals surface area (Å²) in [7, 11) is 0. The molecule has 3 N–H and O–H groups in total. The van der Waals surface area contributed by atoms with Crippen molar-refractivity contribution in [2.75, 3.05) is 6.61 Å². The number of ether oxygens (including phenoxy) is 2. The van der Waals surface area contributed by atoms with Gasteiger partial charge in [-0.1, -0.05) is 39.3 Å². The van der Waals surface area contributed by atoms with Crippen LogP contribution in [0.3, 0.4) is 0 Å². The standard InChI is InChI=1S/C28H40O8/c1-16-7-8-19-25(2,3)9-6-10-27(19,5)18(16)12-28-20(29)11-17(23(33)24(28)36-28)15-35-22(32)14-26(4,34)13-21(30)31/h11,18-19,23-24,33-34H,1,6-10,12-15H2,2-5H3,(H,30,31). The number of ketones is 1. The Morgan fingerprint density at radius 2 is 1.94 bits per heavy atom. The number of rotatable bonds is 8. The Bertz CT molecular complexity index is 994. The van der Waals surface area contributed by atoms with Crippen molar-refractivity contribution >= 4 is 17.7 Å². The van der Waals surface area contributed by atoms with Crippen LogP contribution in [0.15, 0.2) is 23.8 Å². The fraction of sp³-hybridized carbons (Fsp3) is 0.750. The predicted molar refractivity (Wildman–Crippen MR) is 131 cm³/mol. The van der Waals surface area contributed by atoms with E-state index in [-0.39, 0.29) is 34.7 Å². The van der Waals surface area contributed by atoms with Gasteiger partial charge in [-0.3, -0.25) is 14.4 Å². The number of allylic oxidation sites excluding steroid dienone is 1. The number of hydrogen-bond acceptors (Lipinski definition) is 7. The number of aliphatic hydroxyl groups excluding tert-OH is 1. The lowest BCUT2D eigenvalue weighted by Crippen LogP contribution is -2.51. The van der Waals surface area contributed by atoms with E-state index < -0.39 is 48.2 Å². The predicted octanol–water partition coefficient (Wildman–Crippen LogP) is 3.34. The summed E-state index contributed by atoms with van der Waals surface area (Å²) >= 11 is 0. The van der Waals surface area contributed by atoms with Crippen molar-refractivity contribution in [3.05, 3.63) is 23.8 Å². The maximum atomic E-state index is 13.3. The van der Waals surface area contributed by atoms with Gasteiger partial charge < -0.3 is 24.8 Å². The SMILES string of the molecule is C=C1CCC2C(C)(C)CCCC2(C)C1CC12OC1C(O)C(COC(=O)CC(C)(O)CC(=O)O)=CC2=O. The van der Waals surface area contributed by atoms with Crippen molar-refractivity contribution in [1.82, 2.24) is 0 Å². The molecule has 3 aliphatic carbocycles. The van der Waals surface area contributed by atoms with E-state index in [0.29, 0.717) is 12.3 Å². The Kier molecular flexibility index (Phi) is 6.80. The minimum absolute atomic E-state index is 0.0278. The molecule has 0 aromatic rings. The zero-order valence-corrected chi connectivity index (χ0v) is 21.8. The summed E-state index contributed by atoms with van der Waals surface area (Å²) in [4.78, 5) is 36.3. The molecule has 7 atom stereocenters. The first-order chi connectivity index (χ1) is 16.6. The third-order valence-electron chi connectivity index (χ3n) is 9.42. The molecule has 1 aliphatic heterocycles. The molecule has 0 radical (unpaired) electrons. The van der Waals surface area contributed by atoms with Gasteiger partial charge >= 0.3 is 11.9 Å². The van der Waals surface area contributed by atoms with Crippen LogP contribution in [0.2, 0.25) is 0 Å². The highest BCUT2D eigenvalue weighted by Crippen LogP contribution is 2.64. The van der Waals surface area contributed by atoms with Crippen LogP contribution in [0.4, 0.5) is 0 Å². The Hall–Kier alpha value is -2.03. The quantitative estimate of drug-likeness (QED) is 0.260. The van der Waals surface area contributed by atoms with Gasteiger partial charge in [-0.15, -0.1) is 0 Å². The molecule has 4 aliphatic rings. The van der Waals surface area contributed by atoms with E-state index in [1.54, 1.807) is 0 Å². The highest BCUT2D eigenvalue weighted by atomic mass is 16.6. The van der Waals surface area contributed by atoms with Crippen LogP contribution in [0, 0.1) is 22.7 Å². The smallest absolute Gasteiger partial charge is 0.309 e. The van der Waals surface area contributed by atoms with Gasteiger partial charge in [0.1, 0.15) is 18.8 Å². The maximum absolute atomic E-state index is 13.3. The number of aliphatic hydroxyl groups is 2. The molecule has 3 fully saturated rings. The average Bonchev–Trinajstić information content (AvgIpc) is 3.47. The van der Waals surface area contributed by atoms with E-state index >= 15 is 0 Å². The van der Waals surface area contributed by atoms with E-state index in [1.807, 2.05) is 0 Å². The van der Waals surface area contributed by atoms with Crippen LogP contribution in [-0.2, 0) is 23.9 Å². The number of epoxide rings is 1. The third kappa shape index (κ3) is 4.79. The van der Waals surface area contributed by atoms with E-state index in [4.69, 9.17) is 14.6 Å². The molecular weight excluding hydrogens is 464 g/mol. The van der Waals surface area contributed by atoms with Crippen molar-refractivity contribution in [3.63, 3.8) is 0 Å².